The van der Waals surface area contributed by atoms with E-state index in [9.17, 15) is 0 Å². The average Bonchev–Trinajstić information content (AvgIpc) is 3.69. The number of nitrogens with one attached hydrogen (secondary N) is 1. The minimum atomic E-state index is -0.253. The molecule has 1 aliphatic heterocycles. The number of hydrogen-bond acceptors (Lipinski definition) is 9. The normalized spacial score (nSPS) is 24.1. The van der Waals surface area contributed by atoms with Crippen molar-refractivity contribution in [2.75, 3.05) is 42.1 Å². The monoisotopic (exact) mass is 505 g/mol. The van der Waals surface area contributed by atoms with Crippen LogP contribution in [-0.2, 0) is 0 Å². The fourth-order valence-electron chi connectivity index (χ4n) is 6.38. The fraction of sp³-hybridized carbons (Fsp3) is 0.440. The molecule has 4 aromatic rings. The Morgan fingerprint density at radius 3 is 2.72 bits per heavy atom. The van der Waals surface area contributed by atoms with Crippen molar-refractivity contribution >= 4 is 44.8 Å². The minimum absolute atomic E-state index is 0.191. The summed E-state index contributed by atoms with van der Waals surface area (Å²) in [5.74, 6) is 2.62. The van der Waals surface area contributed by atoms with Crippen LogP contribution >= 0.6 is 11.3 Å². The van der Waals surface area contributed by atoms with Crippen molar-refractivity contribution in [3.8, 4) is 5.82 Å². The van der Waals surface area contributed by atoms with Crippen LogP contribution in [0.25, 0.3) is 16.0 Å². The molecule has 11 heteroatoms. The molecule has 1 saturated heterocycles. The van der Waals surface area contributed by atoms with E-state index in [-0.39, 0.29) is 17.7 Å². The highest BCUT2D eigenvalue weighted by atomic mass is 32.1. The quantitative estimate of drug-likeness (QED) is 0.419. The maximum atomic E-state index is 15.2. The van der Waals surface area contributed by atoms with Gasteiger partial charge < -0.3 is 16.0 Å². The molecule has 3 unspecified atom stereocenters. The predicted molar refractivity (Wildman–Crippen MR) is 139 cm³/mol. The molecule has 0 radical (unpaired) electrons. The summed E-state index contributed by atoms with van der Waals surface area (Å²) in [5.41, 5.74) is 8.16. The number of benzene rings is 1. The molecule has 36 heavy (non-hydrogen) atoms. The van der Waals surface area contributed by atoms with Crippen molar-refractivity contribution in [1.82, 2.24) is 29.6 Å². The Hall–Kier alpha value is -3.31. The number of hydrogen-bond donors (Lipinski definition) is 2. The van der Waals surface area contributed by atoms with Crippen molar-refractivity contribution < 1.29 is 4.39 Å². The van der Waals surface area contributed by atoms with Crippen molar-refractivity contribution in [2.24, 2.45) is 11.8 Å². The molecule has 9 nitrogen and oxygen atoms in total. The first-order chi connectivity index (χ1) is 17.6. The van der Waals surface area contributed by atoms with Gasteiger partial charge in [0.15, 0.2) is 5.82 Å². The lowest BCUT2D eigenvalue weighted by Gasteiger charge is -2.41. The van der Waals surface area contributed by atoms with Crippen LogP contribution in [0.5, 0.6) is 0 Å². The van der Waals surface area contributed by atoms with Gasteiger partial charge in [-0.2, -0.15) is 9.67 Å². The van der Waals surface area contributed by atoms with Gasteiger partial charge in [-0.15, -0.1) is 16.4 Å². The van der Waals surface area contributed by atoms with Gasteiger partial charge in [-0.1, -0.05) is 6.42 Å². The number of aromatic nitrogens is 5. The van der Waals surface area contributed by atoms with Crippen LogP contribution in [-0.4, -0.2) is 61.9 Å². The largest absolute Gasteiger partial charge is 0.368 e. The molecule has 2 saturated carbocycles. The Balaban J connectivity index is 1.04. The third-order valence-corrected chi connectivity index (χ3v) is 8.99. The van der Waals surface area contributed by atoms with E-state index in [4.69, 9.17) is 5.73 Å². The van der Waals surface area contributed by atoms with Crippen LogP contribution in [0.15, 0.2) is 36.0 Å². The lowest BCUT2D eigenvalue weighted by atomic mass is 9.93. The summed E-state index contributed by atoms with van der Waals surface area (Å²) >= 11 is 1.51. The number of piperazine rings is 1. The van der Waals surface area contributed by atoms with Gasteiger partial charge in [-0.05, 0) is 60.7 Å². The lowest BCUT2D eigenvalue weighted by molar-refractivity contribution is 0.134. The first kappa shape index (κ1) is 21.9. The molecule has 2 aliphatic carbocycles. The highest BCUT2D eigenvalue weighted by Crippen LogP contribution is 2.46. The zero-order valence-electron chi connectivity index (χ0n) is 19.8. The SMILES string of the molecule is Nc1nc(Nc2ccc(N3CCN(C4CC5CCC4C5)CC3)c(F)c2)nn1-c1ncnc2ccsc12. The van der Waals surface area contributed by atoms with E-state index in [1.807, 2.05) is 23.6 Å². The van der Waals surface area contributed by atoms with Gasteiger partial charge in [0.1, 0.15) is 12.1 Å². The molecular formula is C25H28FN9S. The second-order valence-corrected chi connectivity index (χ2v) is 11.0. The number of nitrogens with two attached hydrogens (primary N) is 1. The zero-order valence-corrected chi connectivity index (χ0v) is 20.7. The van der Waals surface area contributed by atoms with E-state index in [2.05, 4.69) is 35.2 Å². The Morgan fingerprint density at radius 1 is 1.06 bits per heavy atom. The average molecular weight is 506 g/mol. The van der Waals surface area contributed by atoms with Crippen LogP contribution in [0.4, 0.5) is 27.7 Å². The molecule has 3 fully saturated rings. The van der Waals surface area contributed by atoms with E-state index >= 15 is 4.39 Å². The Morgan fingerprint density at radius 2 is 1.94 bits per heavy atom. The number of halogens is 1. The Kier molecular flexibility index (Phi) is 5.28. The predicted octanol–water partition coefficient (Wildman–Crippen LogP) is 4.05. The summed E-state index contributed by atoms with van der Waals surface area (Å²) in [5, 5.41) is 9.48. The minimum Gasteiger partial charge on any atom is -0.368 e. The standard InChI is InChI=1S/C25H28FN9S/c26-18-13-17(30-25-31-24(27)35(32-25)23-22-19(5-10-36-22)28-14-29-23)3-4-20(18)33-6-8-34(9-7-33)21-12-15-1-2-16(21)11-15/h3-5,10,13-16,21H,1-2,6-9,11-12H2,(H3,27,30,31,32). The van der Waals surface area contributed by atoms with Gasteiger partial charge >= 0.3 is 0 Å². The number of nitrogen functional groups attached to an aromatic ring is 1. The number of nitrogens with zero attached hydrogens (tertiary/aromatic N) is 7. The lowest BCUT2D eigenvalue weighted by Crippen LogP contribution is -2.52. The van der Waals surface area contributed by atoms with E-state index in [1.165, 1.54) is 54.1 Å². The van der Waals surface area contributed by atoms with E-state index in [0.29, 0.717) is 17.2 Å². The van der Waals surface area contributed by atoms with Gasteiger partial charge in [-0.25, -0.2) is 14.4 Å². The summed E-state index contributed by atoms with van der Waals surface area (Å²) in [6.07, 6.45) is 7.08. The molecule has 3 aliphatic rings. The van der Waals surface area contributed by atoms with Crippen molar-refractivity contribution in [3.05, 3.63) is 41.8 Å². The third-order valence-electron chi connectivity index (χ3n) is 8.09. The maximum Gasteiger partial charge on any atom is 0.248 e. The molecule has 2 bridgehead atoms. The van der Waals surface area contributed by atoms with Crippen LogP contribution in [0.1, 0.15) is 25.7 Å². The summed E-state index contributed by atoms with van der Waals surface area (Å²) in [6.45, 7) is 3.73. The Labute approximate surface area is 212 Å². The van der Waals surface area contributed by atoms with Gasteiger partial charge in [-0.3, -0.25) is 4.90 Å². The smallest absolute Gasteiger partial charge is 0.248 e. The fourth-order valence-corrected chi connectivity index (χ4v) is 7.20. The second-order valence-electron chi connectivity index (χ2n) is 10.1. The van der Waals surface area contributed by atoms with Crippen molar-refractivity contribution in [3.63, 3.8) is 0 Å². The number of rotatable bonds is 5. The summed E-state index contributed by atoms with van der Waals surface area (Å²) in [6, 6.07) is 7.86. The van der Waals surface area contributed by atoms with Crippen LogP contribution in [0.2, 0.25) is 0 Å². The van der Waals surface area contributed by atoms with Gasteiger partial charge in [0, 0.05) is 37.9 Å². The summed E-state index contributed by atoms with van der Waals surface area (Å²) in [4.78, 5) is 17.7. The Bertz CT molecular complexity index is 1410. The summed E-state index contributed by atoms with van der Waals surface area (Å²) in [7, 11) is 0. The van der Waals surface area contributed by atoms with Gasteiger partial charge in [0.2, 0.25) is 11.9 Å². The first-order valence-corrected chi connectivity index (χ1v) is 13.5. The molecule has 1 aromatic carbocycles. The molecule has 4 heterocycles. The number of thiophene rings is 1. The molecule has 3 aromatic heterocycles. The molecule has 7 rings (SSSR count). The molecule has 0 spiro atoms. The van der Waals surface area contributed by atoms with Crippen LogP contribution in [0.3, 0.4) is 0 Å². The summed E-state index contributed by atoms with van der Waals surface area (Å²) < 4.78 is 17.5. The highest BCUT2D eigenvalue weighted by molar-refractivity contribution is 7.17. The molecule has 3 atom stereocenters. The molecular weight excluding hydrogens is 477 g/mol. The molecule has 0 amide bonds. The van der Waals surface area contributed by atoms with Crippen molar-refractivity contribution in [2.45, 2.75) is 31.7 Å². The first-order valence-electron chi connectivity index (χ1n) is 12.6. The number of fused-ring (bicyclic) bond motifs is 3. The number of anilines is 4. The highest BCUT2D eigenvalue weighted by Gasteiger charge is 2.42. The second kappa shape index (κ2) is 8.67. The van der Waals surface area contributed by atoms with Crippen molar-refractivity contribution in [1.29, 1.82) is 0 Å². The maximum absolute atomic E-state index is 15.2. The van der Waals surface area contributed by atoms with E-state index < -0.39 is 0 Å². The third kappa shape index (κ3) is 3.77. The van der Waals surface area contributed by atoms with Crippen LogP contribution in [0, 0.1) is 17.7 Å². The zero-order chi connectivity index (χ0) is 24.2. The van der Waals surface area contributed by atoms with E-state index in [0.717, 1.165) is 54.3 Å². The van der Waals surface area contributed by atoms with Gasteiger partial charge in [0.25, 0.3) is 0 Å². The van der Waals surface area contributed by atoms with Gasteiger partial charge in [0.05, 0.1) is 15.9 Å². The van der Waals surface area contributed by atoms with E-state index in [1.54, 1.807) is 0 Å². The molecule has 186 valence electrons. The molecule has 3 N–H and O–H groups in total. The topological polar surface area (TPSA) is 101 Å². The van der Waals surface area contributed by atoms with Crippen LogP contribution < -0.4 is 16.0 Å².